The summed E-state index contributed by atoms with van der Waals surface area (Å²) in [5.41, 5.74) is 11.5. The highest BCUT2D eigenvalue weighted by Crippen LogP contribution is 2.42. The Morgan fingerprint density at radius 1 is 0.438 bits per heavy atom. The molecule has 0 bridgehead atoms. The zero-order chi connectivity index (χ0) is 31.6. The summed E-state index contributed by atoms with van der Waals surface area (Å²) in [6, 6.07) is 55.3. The number of fused-ring (bicyclic) bond motifs is 10. The van der Waals surface area contributed by atoms with E-state index in [9.17, 15) is 0 Å². The van der Waals surface area contributed by atoms with E-state index < -0.39 is 0 Å². The van der Waals surface area contributed by atoms with Crippen LogP contribution in [0, 0.1) is 0 Å². The highest BCUT2D eigenvalue weighted by molar-refractivity contribution is 7.26. The Hall–Kier alpha value is -6.17. The van der Waals surface area contributed by atoms with E-state index >= 15 is 0 Å². The van der Waals surface area contributed by atoms with Gasteiger partial charge in [0.05, 0.1) is 32.6 Å². The van der Waals surface area contributed by atoms with Gasteiger partial charge in [-0.05, 0) is 47.5 Å². The van der Waals surface area contributed by atoms with Gasteiger partial charge in [-0.3, -0.25) is 4.40 Å². The molecule has 4 nitrogen and oxygen atoms in total. The minimum absolute atomic E-state index is 0.706. The zero-order valence-corrected chi connectivity index (χ0v) is 26.5. The molecule has 0 radical (unpaired) electrons. The van der Waals surface area contributed by atoms with E-state index in [1.54, 1.807) is 0 Å². The van der Waals surface area contributed by atoms with Crippen molar-refractivity contribution in [2.24, 2.45) is 0 Å². The number of para-hydroxylation sites is 2. The summed E-state index contributed by atoms with van der Waals surface area (Å²) in [5.74, 6) is 0.706. The van der Waals surface area contributed by atoms with Gasteiger partial charge in [0.2, 0.25) is 0 Å². The highest BCUT2D eigenvalue weighted by atomic mass is 32.1. The second-order valence-corrected chi connectivity index (χ2v) is 13.1. The van der Waals surface area contributed by atoms with E-state index in [-0.39, 0.29) is 0 Å². The average molecular weight is 631 g/mol. The molecule has 0 saturated heterocycles. The van der Waals surface area contributed by atoms with Crippen LogP contribution in [-0.2, 0) is 0 Å². The number of aromatic nitrogens is 4. The third-order valence-electron chi connectivity index (χ3n) is 9.18. The second-order valence-electron chi connectivity index (χ2n) is 12.1. The van der Waals surface area contributed by atoms with Gasteiger partial charge in [-0.25, -0.2) is 15.0 Å². The summed E-state index contributed by atoms with van der Waals surface area (Å²) < 4.78 is 4.90. The van der Waals surface area contributed by atoms with Gasteiger partial charge < -0.3 is 0 Å². The molecule has 0 spiro atoms. The van der Waals surface area contributed by atoms with Gasteiger partial charge in [-0.15, -0.1) is 11.3 Å². The summed E-state index contributed by atoms with van der Waals surface area (Å²) in [6.07, 6.45) is 0. The number of hydrogen-bond donors (Lipinski definition) is 0. The van der Waals surface area contributed by atoms with Crippen LogP contribution < -0.4 is 0 Å². The SMILES string of the molecule is c1ccc(-c2cc(-c3ccccc3)nc(-c3cccc(-c4ccc5sc6c7ccccc7c7nc8ccccc8n7c6c5c4)c3)n2)cc1. The lowest BCUT2D eigenvalue weighted by Crippen LogP contribution is -1.96. The molecule has 6 aromatic carbocycles. The van der Waals surface area contributed by atoms with E-state index in [2.05, 4.69) is 126 Å². The lowest BCUT2D eigenvalue weighted by atomic mass is 10.0. The quantitative estimate of drug-likeness (QED) is 0.194. The van der Waals surface area contributed by atoms with Gasteiger partial charge in [0, 0.05) is 37.5 Å². The van der Waals surface area contributed by atoms with Crippen molar-refractivity contribution >= 4 is 59.1 Å². The van der Waals surface area contributed by atoms with Crippen molar-refractivity contribution in [1.82, 2.24) is 19.4 Å². The van der Waals surface area contributed by atoms with Crippen LogP contribution in [0.15, 0.2) is 158 Å². The molecule has 5 heteroatoms. The number of imidazole rings is 1. The minimum Gasteiger partial charge on any atom is -0.290 e. The van der Waals surface area contributed by atoms with E-state index in [1.807, 2.05) is 47.7 Å². The lowest BCUT2D eigenvalue weighted by molar-refractivity contribution is 1.18. The summed E-state index contributed by atoms with van der Waals surface area (Å²) in [6.45, 7) is 0. The predicted molar refractivity (Wildman–Crippen MR) is 200 cm³/mol. The van der Waals surface area contributed by atoms with Crippen molar-refractivity contribution in [2.45, 2.75) is 0 Å². The normalized spacial score (nSPS) is 11.8. The summed E-state index contributed by atoms with van der Waals surface area (Å²) in [5, 5.41) is 3.64. The molecule has 224 valence electrons. The molecule has 48 heavy (non-hydrogen) atoms. The van der Waals surface area contributed by atoms with Gasteiger partial charge in [0.1, 0.15) is 5.65 Å². The van der Waals surface area contributed by atoms with E-state index in [0.717, 1.165) is 55.9 Å². The fourth-order valence-electron chi connectivity index (χ4n) is 6.91. The van der Waals surface area contributed by atoms with Crippen LogP contribution in [0.3, 0.4) is 0 Å². The Morgan fingerprint density at radius 3 is 1.83 bits per heavy atom. The first-order valence-corrected chi connectivity index (χ1v) is 16.9. The van der Waals surface area contributed by atoms with E-state index in [0.29, 0.717) is 5.82 Å². The Bertz CT molecular complexity index is 2780. The average Bonchev–Trinajstić information content (AvgIpc) is 3.74. The molecule has 4 aromatic heterocycles. The van der Waals surface area contributed by atoms with Crippen molar-refractivity contribution in [3.05, 3.63) is 158 Å². The molecule has 10 aromatic rings. The molecule has 10 rings (SSSR count). The van der Waals surface area contributed by atoms with Crippen LogP contribution in [0.25, 0.3) is 92.8 Å². The van der Waals surface area contributed by atoms with Crippen LogP contribution in [0.4, 0.5) is 0 Å². The van der Waals surface area contributed by atoms with Crippen LogP contribution in [0.1, 0.15) is 0 Å². The molecule has 0 amide bonds. The molecule has 0 N–H and O–H groups in total. The highest BCUT2D eigenvalue weighted by Gasteiger charge is 2.18. The van der Waals surface area contributed by atoms with E-state index in [1.165, 1.54) is 31.1 Å². The molecule has 0 aliphatic heterocycles. The largest absolute Gasteiger partial charge is 0.290 e. The van der Waals surface area contributed by atoms with Gasteiger partial charge in [0.25, 0.3) is 0 Å². The van der Waals surface area contributed by atoms with Gasteiger partial charge >= 0.3 is 0 Å². The molecular weight excluding hydrogens is 605 g/mol. The summed E-state index contributed by atoms with van der Waals surface area (Å²) in [4.78, 5) is 15.3. The first-order chi connectivity index (χ1) is 23.8. The first kappa shape index (κ1) is 27.0. The molecule has 0 unspecified atom stereocenters. The molecule has 4 heterocycles. The van der Waals surface area contributed by atoms with Crippen molar-refractivity contribution in [3.63, 3.8) is 0 Å². The number of hydrogen-bond acceptors (Lipinski definition) is 4. The van der Waals surface area contributed by atoms with Crippen LogP contribution >= 0.6 is 11.3 Å². The monoisotopic (exact) mass is 630 g/mol. The lowest BCUT2D eigenvalue weighted by Gasteiger charge is -2.11. The molecule has 0 atom stereocenters. The fourth-order valence-corrected chi connectivity index (χ4v) is 8.11. The number of nitrogens with zero attached hydrogens (tertiary/aromatic N) is 4. The third-order valence-corrected chi connectivity index (χ3v) is 10.4. The van der Waals surface area contributed by atoms with Gasteiger partial charge in [0.15, 0.2) is 5.82 Å². The Labute approximate surface area is 280 Å². The van der Waals surface area contributed by atoms with Gasteiger partial charge in [-0.1, -0.05) is 121 Å². The summed E-state index contributed by atoms with van der Waals surface area (Å²) >= 11 is 1.85. The zero-order valence-electron chi connectivity index (χ0n) is 25.7. The third kappa shape index (κ3) is 4.25. The maximum absolute atomic E-state index is 5.12. The molecule has 0 aliphatic carbocycles. The number of rotatable bonds is 4. The smallest absolute Gasteiger partial charge is 0.160 e. The molecule has 0 aliphatic rings. The minimum atomic E-state index is 0.706. The summed E-state index contributed by atoms with van der Waals surface area (Å²) in [7, 11) is 0. The molecule has 0 saturated carbocycles. The van der Waals surface area contributed by atoms with E-state index in [4.69, 9.17) is 15.0 Å². The number of benzene rings is 6. The standard InChI is InChI=1S/C43H26N4S/c1-3-12-27(13-4-1)36-26-37(28-14-5-2-6-15-28)45-42(44-36)31-17-11-16-29(24-31)30-22-23-39-34(25-30)40-41(48-39)32-18-7-8-19-33(32)43-46-35-20-9-10-21-38(35)47(40)43/h1-26H. The first-order valence-electron chi connectivity index (χ1n) is 16.0. The topological polar surface area (TPSA) is 43.1 Å². The number of thiophene rings is 1. The Morgan fingerprint density at radius 2 is 1.06 bits per heavy atom. The molecule has 0 fully saturated rings. The Balaban J connectivity index is 1.17. The number of pyridine rings is 1. The van der Waals surface area contributed by atoms with Crippen LogP contribution in [0.5, 0.6) is 0 Å². The van der Waals surface area contributed by atoms with Crippen LogP contribution in [0.2, 0.25) is 0 Å². The van der Waals surface area contributed by atoms with Crippen molar-refractivity contribution in [2.75, 3.05) is 0 Å². The van der Waals surface area contributed by atoms with Crippen LogP contribution in [-0.4, -0.2) is 19.4 Å². The van der Waals surface area contributed by atoms with Crippen molar-refractivity contribution in [3.8, 4) is 45.0 Å². The Kier molecular flexibility index (Phi) is 6.01. The van der Waals surface area contributed by atoms with Crippen molar-refractivity contribution < 1.29 is 0 Å². The predicted octanol–water partition coefficient (Wildman–Crippen LogP) is 11.5. The maximum Gasteiger partial charge on any atom is 0.160 e. The maximum atomic E-state index is 5.12. The second kappa shape index (κ2) is 10.7. The van der Waals surface area contributed by atoms with Gasteiger partial charge in [-0.2, -0.15) is 0 Å². The fraction of sp³-hybridized carbons (Fsp3) is 0. The molecular formula is C43H26N4S. The van der Waals surface area contributed by atoms with Crippen molar-refractivity contribution in [1.29, 1.82) is 0 Å².